The predicted molar refractivity (Wildman–Crippen MR) is 70.0 cm³/mol. The third kappa shape index (κ3) is 2.38. The van der Waals surface area contributed by atoms with Crippen molar-refractivity contribution in [2.24, 2.45) is 5.41 Å². The Balaban J connectivity index is 1.52. The van der Waals surface area contributed by atoms with Crippen LogP contribution in [0.1, 0.15) is 31.7 Å². The van der Waals surface area contributed by atoms with E-state index in [-0.39, 0.29) is 18.1 Å². The van der Waals surface area contributed by atoms with Crippen LogP contribution in [0.3, 0.4) is 0 Å². The lowest BCUT2D eigenvalue weighted by Gasteiger charge is -2.29. The van der Waals surface area contributed by atoms with Crippen molar-refractivity contribution in [3.8, 4) is 0 Å². The van der Waals surface area contributed by atoms with E-state index in [2.05, 4.69) is 5.48 Å². The summed E-state index contributed by atoms with van der Waals surface area (Å²) in [5.41, 5.74) is 3.19. The molecule has 1 aromatic rings. The molecule has 1 N–H and O–H groups in total. The summed E-state index contributed by atoms with van der Waals surface area (Å²) in [6, 6.07) is 9.79. The van der Waals surface area contributed by atoms with E-state index in [0.29, 0.717) is 6.61 Å². The van der Waals surface area contributed by atoms with Crippen LogP contribution in [0.4, 0.5) is 0 Å². The van der Waals surface area contributed by atoms with E-state index in [0.717, 1.165) is 24.8 Å². The first-order valence-electron chi connectivity index (χ1n) is 6.80. The van der Waals surface area contributed by atoms with Gasteiger partial charge >= 0.3 is 0 Å². The number of rotatable bonds is 4. The summed E-state index contributed by atoms with van der Waals surface area (Å²) in [4.78, 5) is 17.5. The topological polar surface area (TPSA) is 47.6 Å². The number of hydroxylamine groups is 1. The SMILES string of the molecule is C[C@]1(C(=O)NOCc2ccccc2)C[C@H]2CC[C@@H]1O2. The first-order chi connectivity index (χ1) is 9.18. The summed E-state index contributed by atoms with van der Waals surface area (Å²) >= 11 is 0. The van der Waals surface area contributed by atoms with Gasteiger partial charge in [-0.3, -0.25) is 9.63 Å². The Morgan fingerprint density at radius 1 is 1.42 bits per heavy atom. The van der Waals surface area contributed by atoms with Crippen molar-refractivity contribution in [3.63, 3.8) is 0 Å². The molecule has 1 aromatic carbocycles. The summed E-state index contributed by atoms with van der Waals surface area (Å²) < 4.78 is 5.76. The average molecular weight is 261 g/mol. The van der Waals surface area contributed by atoms with Gasteiger partial charge in [0.2, 0.25) is 0 Å². The van der Waals surface area contributed by atoms with Gasteiger partial charge in [-0.25, -0.2) is 5.48 Å². The van der Waals surface area contributed by atoms with Crippen LogP contribution in [0.25, 0.3) is 0 Å². The highest BCUT2D eigenvalue weighted by atomic mass is 16.7. The second kappa shape index (κ2) is 4.94. The minimum Gasteiger partial charge on any atom is -0.374 e. The fourth-order valence-electron chi connectivity index (χ4n) is 3.04. The van der Waals surface area contributed by atoms with E-state index < -0.39 is 5.41 Å². The van der Waals surface area contributed by atoms with Crippen molar-refractivity contribution < 1.29 is 14.4 Å². The summed E-state index contributed by atoms with van der Waals surface area (Å²) in [5.74, 6) is -0.0596. The number of benzene rings is 1. The van der Waals surface area contributed by atoms with E-state index in [9.17, 15) is 4.79 Å². The zero-order valence-corrected chi connectivity index (χ0v) is 11.1. The van der Waals surface area contributed by atoms with Crippen LogP contribution >= 0.6 is 0 Å². The molecule has 19 heavy (non-hydrogen) atoms. The molecular formula is C15H19NO3. The Hall–Kier alpha value is -1.39. The number of carbonyl (C=O) groups is 1. The summed E-state index contributed by atoms with van der Waals surface area (Å²) in [6.45, 7) is 2.36. The molecule has 2 bridgehead atoms. The Labute approximate surface area is 113 Å². The van der Waals surface area contributed by atoms with Crippen LogP contribution in [0.2, 0.25) is 0 Å². The highest BCUT2D eigenvalue weighted by molar-refractivity contribution is 5.82. The molecule has 102 valence electrons. The van der Waals surface area contributed by atoms with E-state index in [4.69, 9.17) is 9.57 Å². The Morgan fingerprint density at radius 2 is 2.21 bits per heavy atom. The Bertz CT molecular complexity index is 462. The first kappa shape index (κ1) is 12.6. The van der Waals surface area contributed by atoms with Crippen LogP contribution in [0, 0.1) is 5.41 Å². The van der Waals surface area contributed by atoms with Gasteiger partial charge in [0.25, 0.3) is 5.91 Å². The van der Waals surface area contributed by atoms with Crippen molar-refractivity contribution in [1.29, 1.82) is 0 Å². The number of hydrogen-bond donors (Lipinski definition) is 1. The standard InChI is InChI=1S/C15H19NO3/c1-15(9-12-7-8-13(15)19-12)14(17)16-18-10-11-5-3-2-4-6-11/h2-6,12-13H,7-10H2,1H3,(H,16,17)/t12-,13+,15+/m1/s1. The molecule has 0 unspecified atom stereocenters. The highest BCUT2D eigenvalue weighted by Gasteiger charge is 2.53. The van der Waals surface area contributed by atoms with Crippen molar-refractivity contribution >= 4 is 5.91 Å². The van der Waals surface area contributed by atoms with Gasteiger partial charge in [-0.2, -0.15) is 0 Å². The van der Waals surface area contributed by atoms with Crippen LogP contribution < -0.4 is 5.48 Å². The maximum Gasteiger partial charge on any atom is 0.252 e. The maximum absolute atomic E-state index is 12.2. The summed E-state index contributed by atoms with van der Waals surface area (Å²) in [5, 5.41) is 0. The molecule has 2 saturated heterocycles. The molecule has 2 heterocycles. The first-order valence-corrected chi connectivity index (χ1v) is 6.80. The van der Waals surface area contributed by atoms with Gasteiger partial charge in [-0.1, -0.05) is 30.3 Å². The van der Waals surface area contributed by atoms with Crippen LogP contribution in [0.5, 0.6) is 0 Å². The Kier molecular flexibility index (Phi) is 3.29. The summed E-state index contributed by atoms with van der Waals surface area (Å²) in [6.07, 6.45) is 3.18. The molecule has 0 spiro atoms. The summed E-state index contributed by atoms with van der Waals surface area (Å²) in [7, 11) is 0. The molecule has 4 heteroatoms. The highest BCUT2D eigenvalue weighted by Crippen LogP contribution is 2.47. The zero-order chi connectivity index (χ0) is 13.3. The van der Waals surface area contributed by atoms with Gasteiger partial charge in [-0.05, 0) is 31.7 Å². The van der Waals surface area contributed by atoms with Crippen LogP contribution in [-0.2, 0) is 21.0 Å². The Morgan fingerprint density at radius 3 is 2.84 bits per heavy atom. The van der Waals surface area contributed by atoms with Gasteiger partial charge < -0.3 is 4.74 Å². The average Bonchev–Trinajstić information content (AvgIpc) is 3.00. The van der Waals surface area contributed by atoms with Crippen LogP contribution in [0.15, 0.2) is 30.3 Å². The fourth-order valence-corrected chi connectivity index (χ4v) is 3.04. The number of amides is 1. The molecule has 3 atom stereocenters. The minimum absolute atomic E-state index is 0.0535. The second-order valence-electron chi connectivity index (χ2n) is 5.65. The number of fused-ring (bicyclic) bond motifs is 2. The zero-order valence-electron chi connectivity index (χ0n) is 11.1. The smallest absolute Gasteiger partial charge is 0.252 e. The van der Waals surface area contributed by atoms with Gasteiger partial charge in [0.15, 0.2) is 0 Å². The maximum atomic E-state index is 12.2. The fraction of sp³-hybridized carbons (Fsp3) is 0.533. The molecule has 0 aliphatic carbocycles. The molecular weight excluding hydrogens is 242 g/mol. The van der Waals surface area contributed by atoms with E-state index >= 15 is 0 Å². The minimum atomic E-state index is -0.431. The number of hydrogen-bond acceptors (Lipinski definition) is 3. The molecule has 2 aliphatic rings. The molecule has 0 aromatic heterocycles. The van der Waals surface area contributed by atoms with Gasteiger partial charge in [0, 0.05) is 0 Å². The lowest BCUT2D eigenvalue weighted by Crippen LogP contribution is -2.45. The van der Waals surface area contributed by atoms with E-state index in [1.807, 2.05) is 37.3 Å². The largest absolute Gasteiger partial charge is 0.374 e. The third-order valence-corrected chi connectivity index (χ3v) is 4.24. The van der Waals surface area contributed by atoms with Gasteiger partial charge in [0.1, 0.15) is 0 Å². The molecule has 1 amide bonds. The van der Waals surface area contributed by atoms with Gasteiger partial charge in [-0.15, -0.1) is 0 Å². The van der Waals surface area contributed by atoms with Gasteiger partial charge in [0.05, 0.1) is 24.2 Å². The van der Waals surface area contributed by atoms with E-state index in [1.54, 1.807) is 0 Å². The molecule has 0 saturated carbocycles. The number of nitrogens with one attached hydrogen (secondary N) is 1. The normalized spacial score (nSPS) is 32.5. The number of carbonyl (C=O) groups excluding carboxylic acids is 1. The molecule has 2 fully saturated rings. The van der Waals surface area contributed by atoms with Crippen LogP contribution in [-0.4, -0.2) is 18.1 Å². The third-order valence-electron chi connectivity index (χ3n) is 4.24. The molecule has 0 radical (unpaired) electrons. The van der Waals surface area contributed by atoms with E-state index in [1.165, 1.54) is 0 Å². The van der Waals surface area contributed by atoms with Crippen molar-refractivity contribution in [2.45, 2.75) is 45.0 Å². The lowest BCUT2D eigenvalue weighted by atomic mass is 9.75. The molecule has 3 rings (SSSR count). The van der Waals surface area contributed by atoms with Crippen molar-refractivity contribution in [1.82, 2.24) is 5.48 Å². The number of ether oxygens (including phenoxy) is 1. The molecule has 4 nitrogen and oxygen atoms in total. The lowest BCUT2D eigenvalue weighted by molar-refractivity contribution is -0.147. The quantitative estimate of drug-likeness (QED) is 0.845. The molecule has 2 aliphatic heterocycles. The second-order valence-corrected chi connectivity index (χ2v) is 5.65. The van der Waals surface area contributed by atoms with Crippen molar-refractivity contribution in [3.05, 3.63) is 35.9 Å². The predicted octanol–water partition coefficient (Wildman–Crippen LogP) is 2.19. The van der Waals surface area contributed by atoms with Crippen molar-refractivity contribution in [2.75, 3.05) is 0 Å². The monoisotopic (exact) mass is 261 g/mol.